The number of ketones is 8. The third kappa shape index (κ3) is 6.37. The van der Waals surface area contributed by atoms with Gasteiger partial charge in [-0.1, -0.05) is 38.5 Å². The van der Waals surface area contributed by atoms with Crippen LogP contribution in [0.15, 0.2) is 48.6 Å². The highest BCUT2D eigenvalue weighted by Crippen LogP contribution is 2.40. The highest BCUT2D eigenvalue weighted by Gasteiger charge is 2.46. The van der Waals surface area contributed by atoms with Crippen molar-refractivity contribution in [3.63, 3.8) is 0 Å². The van der Waals surface area contributed by atoms with E-state index in [1.165, 1.54) is 27.7 Å². The Kier molecular flexibility index (Phi) is 9.91. The summed E-state index contributed by atoms with van der Waals surface area (Å²) in [7, 11) is 0. The predicted octanol–water partition coefficient (Wildman–Crippen LogP) is 4.73. The molecule has 224 valence electrons. The molecular weight excluding hydrogens is 536 g/mol. The van der Waals surface area contributed by atoms with Gasteiger partial charge < -0.3 is 0 Å². The number of rotatable bonds is 0. The van der Waals surface area contributed by atoms with Crippen molar-refractivity contribution in [1.82, 2.24) is 0 Å². The maximum absolute atomic E-state index is 13.4. The monoisotopic (exact) mass is 576 g/mol. The van der Waals surface area contributed by atoms with Gasteiger partial charge >= 0.3 is 0 Å². The Labute approximate surface area is 246 Å². The first-order chi connectivity index (χ1) is 19.6. The Morgan fingerprint density at radius 2 is 0.524 bits per heavy atom. The fourth-order valence-electron chi connectivity index (χ4n) is 5.86. The molecule has 2 saturated carbocycles. The van der Waals surface area contributed by atoms with Gasteiger partial charge in [0.05, 0.1) is 21.7 Å². The van der Waals surface area contributed by atoms with Gasteiger partial charge in [0, 0.05) is 0 Å². The van der Waals surface area contributed by atoms with Crippen LogP contribution in [0.25, 0.3) is 0 Å². The fourth-order valence-corrected chi connectivity index (χ4v) is 5.86. The molecular formula is C34H40O8. The number of hydrogen-bond donors (Lipinski definition) is 0. The number of carbonyl (C=O) groups is 8. The summed E-state index contributed by atoms with van der Waals surface area (Å²) in [6, 6.07) is 0. The van der Waals surface area contributed by atoms with Gasteiger partial charge in [-0.15, -0.1) is 0 Å². The Morgan fingerprint density at radius 1 is 0.333 bits per heavy atom. The Balaban J connectivity index is 2.10. The van der Waals surface area contributed by atoms with Crippen molar-refractivity contribution in [3.05, 3.63) is 48.6 Å². The summed E-state index contributed by atoms with van der Waals surface area (Å²) >= 11 is 0. The SMILES string of the molecule is CC1(C)C(=O)/C=C\C(=O)C2(CCCCC2)C(=O)/C=C/C(=O)C(C)(C)C(=O)/C=C/C(=O)C2(CCCCC2)C(=O)/C=C/C1=O. The average Bonchev–Trinajstić information content (AvgIpc) is 2.98. The molecule has 0 bridgehead atoms. The van der Waals surface area contributed by atoms with Crippen molar-refractivity contribution in [2.24, 2.45) is 21.7 Å². The van der Waals surface area contributed by atoms with Crippen molar-refractivity contribution < 1.29 is 38.4 Å². The van der Waals surface area contributed by atoms with Gasteiger partial charge in [0.2, 0.25) is 0 Å². The van der Waals surface area contributed by atoms with E-state index in [0.717, 1.165) is 61.4 Å². The van der Waals surface area contributed by atoms with Crippen LogP contribution in [-0.2, 0) is 38.4 Å². The second kappa shape index (κ2) is 12.7. The molecule has 0 unspecified atom stereocenters. The van der Waals surface area contributed by atoms with E-state index in [-0.39, 0.29) is 25.7 Å². The lowest BCUT2D eigenvalue weighted by Crippen LogP contribution is -2.41. The van der Waals surface area contributed by atoms with Crippen LogP contribution in [-0.4, -0.2) is 46.3 Å². The molecule has 0 aromatic heterocycles. The van der Waals surface area contributed by atoms with Crippen LogP contribution < -0.4 is 0 Å². The quantitative estimate of drug-likeness (QED) is 0.378. The standard InChI is InChI=1S/C34H40O8/c1-31(2)23(35)11-15-27(39)33(19-7-5-8-20-33)29(41)17-13-25(37)32(3,4)26(38)14-18-30(42)34(21-9-6-10-22-34)28(40)16-12-24(31)36/h11-18H,5-10,19-22H2,1-4H3/b15-11-,16-12+,17-13+,18-14+. The maximum atomic E-state index is 13.4. The molecule has 3 aliphatic rings. The summed E-state index contributed by atoms with van der Waals surface area (Å²) < 4.78 is 0. The smallest absolute Gasteiger partial charge is 0.169 e. The average molecular weight is 577 g/mol. The number of allylic oxidation sites excluding steroid dienone is 8. The summed E-state index contributed by atoms with van der Waals surface area (Å²) in [5.41, 5.74) is -6.15. The van der Waals surface area contributed by atoms with Crippen molar-refractivity contribution in [3.8, 4) is 0 Å². The minimum Gasteiger partial charge on any atom is -0.294 e. The minimum atomic E-state index is -1.62. The molecule has 2 fully saturated rings. The molecule has 0 N–H and O–H groups in total. The van der Waals surface area contributed by atoms with E-state index < -0.39 is 67.9 Å². The first kappa shape index (κ1) is 32.8. The van der Waals surface area contributed by atoms with E-state index in [9.17, 15) is 38.4 Å². The fraction of sp³-hybridized carbons (Fsp3) is 0.529. The first-order valence-electron chi connectivity index (χ1n) is 14.7. The second-order valence-corrected chi connectivity index (χ2v) is 12.8. The summed E-state index contributed by atoms with van der Waals surface area (Å²) in [5, 5.41) is 0. The number of hydrogen-bond acceptors (Lipinski definition) is 8. The van der Waals surface area contributed by atoms with E-state index in [1.807, 2.05) is 0 Å². The van der Waals surface area contributed by atoms with Crippen molar-refractivity contribution in [2.45, 2.75) is 91.9 Å². The molecule has 8 heteroatoms. The molecule has 0 amide bonds. The zero-order chi connectivity index (χ0) is 31.3. The van der Waals surface area contributed by atoms with Crippen LogP contribution in [0.3, 0.4) is 0 Å². The van der Waals surface area contributed by atoms with Crippen molar-refractivity contribution in [2.75, 3.05) is 0 Å². The molecule has 3 rings (SSSR count). The van der Waals surface area contributed by atoms with Gasteiger partial charge in [0.25, 0.3) is 0 Å². The van der Waals surface area contributed by atoms with Gasteiger partial charge in [-0.05, 0) is 102 Å². The second-order valence-electron chi connectivity index (χ2n) is 12.8. The molecule has 8 nitrogen and oxygen atoms in total. The molecule has 0 aromatic carbocycles. The summed E-state index contributed by atoms with van der Waals surface area (Å²) in [6.45, 7) is 5.50. The Bertz CT molecular complexity index is 1130. The van der Waals surface area contributed by atoms with Crippen LogP contribution in [0, 0.1) is 21.7 Å². The van der Waals surface area contributed by atoms with E-state index in [0.29, 0.717) is 25.7 Å². The maximum Gasteiger partial charge on any atom is 0.169 e. The van der Waals surface area contributed by atoms with Crippen LogP contribution in [0.1, 0.15) is 91.9 Å². The third-order valence-corrected chi connectivity index (χ3v) is 9.31. The molecule has 0 saturated heterocycles. The highest BCUT2D eigenvalue weighted by atomic mass is 16.2. The first-order valence-corrected chi connectivity index (χ1v) is 14.7. The minimum absolute atomic E-state index is 0.240. The molecule has 3 aliphatic carbocycles. The molecule has 0 atom stereocenters. The molecule has 0 radical (unpaired) electrons. The Morgan fingerprint density at radius 3 is 0.738 bits per heavy atom. The van der Waals surface area contributed by atoms with E-state index in [2.05, 4.69) is 0 Å². The number of carbonyl (C=O) groups excluding carboxylic acids is 8. The van der Waals surface area contributed by atoms with Crippen LogP contribution in [0.4, 0.5) is 0 Å². The largest absolute Gasteiger partial charge is 0.294 e. The summed E-state index contributed by atoms with van der Waals surface area (Å²) in [4.78, 5) is 106. The van der Waals surface area contributed by atoms with Gasteiger partial charge in [0.15, 0.2) is 46.3 Å². The zero-order valence-corrected chi connectivity index (χ0v) is 25.0. The van der Waals surface area contributed by atoms with E-state index >= 15 is 0 Å². The molecule has 2 spiro atoms. The molecule has 0 heterocycles. The van der Waals surface area contributed by atoms with E-state index in [1.54, 1.807) is 0 Å². The predicted molar refractivity (Wildman–Crippen MR) is 155 cm³/mol. The molecule has 42 heavy (non-hydrogen) atoms. The van der Waals surface area contributed by atoms with Crippen LogP contribution >= 0.6 is 0 Å². The molecule has 0 aliphatic heterocycles. The lowest BCUT2D eigenvalue weighted by molar-refractivity contribution is -0.138. The van der Waals surface area contributed by atoms with Crippen molar-refractivity contribution >= 4 is 46.3 Å². The van der Waals surface area contributed by atoms with Crippen LogP contribution in [0.2, 0.25) is 0 Å². The van der Waals surface area contributed by atoms with Crippen molar-refractivity contribution in [1.29, 1.82) is 0 Å². The lowest BCUT2D eigenvalue weighted by atomic mass is 9.67. The summed E-state index contributed by atoms with van der Waals surface area (Å²) in [6.07, 6.45) is 13.1. The molecule has 0 aromatic rings. The summed E-state index contributed by atoms with van der Waals surface area (Å²) in [5.74, 6) is -5.05. The van der Waals surface area contributed by atoms with Gasteiger partial charge in [-0.3, -0.25) is 38.4 Å². The Hall–Kier alpha value is -3.68. The topological polar surface area (TPSA) is 137 Å². The lowest BCUT2D eigenvalue weighted by Gasteiger charge is -2.33. The third-order valence-electron chi connectivity index (χ3n) is 9.31. The normalized spacial score (nSPS) is 28.5. The van der Waals surface area contributed by atoms with Gasteiger partial charge in [-0.25, -0.2) is 0 Å². The van der Waals surface area contributed by atoms with E-state index in [4.69, 9.17) is 0 Å². The van der Waals surface area contributed by atoms with Crippen LogP contribution in [0.5, 0.6) is 0 Å². The zero-order valence-electron chi connectivity index (χ0n) is 25.0. The highest BCUT2D eigenvalue weighted by molar-refractivity contribution is 6.23. The van der Waals surface area contributed by atoms with Gasteiger partial charge in [0.1, 0.15) is 0 Å². The van der Waals surface area contributed by atoms with Gasteiger partial charge in [-0.2, -0.15) is 0 Å².